The van der Waals surface area contributed by atoms with Crippen molar-refractivity contribution in [2.24, 2.45) is 5.92 Å². The fraction of sp³-hybridized carbons (Fsp3) is 0.545. The Kier molecular flexibility index (Phi) is 8.06. The van der Waals surface area contributed by atoms with Crippen molar-refractivity contribution in [3.05, 3.63) is 82.3 Å². The first kappa shape index (κ1) is 30.1. The number of aromatic carboxylic acids is 1. The van der Waals surface area contributed by atoms with E-state index >= 15 is 0 Å². The number of hydrogen-bond donors (Lipinski definition) is 1. The van der Waals surface area contributed by atoms with E-state index < -0.39 is 29.1 Å². The summed E-state index contributed by atoms with van der Waals surface area (Å²) in [6.45, 7) is 7.58. The molecule has 1 aliphatic carbocycles. The van der Waals surface area contributed by atoms with Gasteiger partial charge in [0, 0.05) is 31.9 Å². The molecule has 6 nitrogen and oxygen atoms in total. The van der Waals surface area contributed by atoms with E-state index in [9.17, 15) is 27.5 Å². The second-order valence-electron chi connectivity index (χ2n) is 12.5. The minimum absolute atomic E-state index is 0.179. The first-order chi connectivity index (χ1) is 20.5. The van der Waals surface area contributed by atoms with Crippen LogP contribution in [-0.2, 0) is 22.2 Å². The largest absolute Gasteiger partial charge is 0.478 e. The van der Waals surface area contributed by atoms with Crippen LogP contribution < -0.4 is 0 Å². The Morgan fingerprint density at radius 3 is 2.44 bits per heavy atom. The minimum Gasteiger partial charge on any atom is -0.478 e. The number of alkyl halides is 3. The van der Waals surface area contributed by atoms with Gasteiger partial charge in [0.05, 0.1) is 23.8 Å². The van der Waals surface area contributed by atoms with Crippen molar-refractivity contribution in [1.82, 2.24) is 9.80 Å². The monoisotopic (exact) mass is 602 g/mol. The smallest absolute Gasteiger partial charge is 0.416 e. The molecule has 6 rings (SSSR count). The summed E-state index contributed by atoms with van der Waals surface area (Å²) in [5.74, 6) is -1.45. The number of ether oxygens (including phenoxy) is 2. The van der Waals surface area contributed by atoms with Gasteiger partial charge < -0.3 is 19.5 Å². The Morgan fingerprint density at radius 1 is 1.09 bits per heavy atom. The van der Waals surface area contributed by atoms with Crippen LogP contribution in [-0.4, -0.2) is 65.9 Å². The van der Waals surface area contributed by atoms with Crippen molar-refractivity contribution in [2.45, 2.75) is 74.9 Å². The SMILES string of the molecule is C=C(N1Cc2cc(C(F)(F)F)ccc2C(OC)C1)[C@@]1(C2CC2)CCC(N2CCC(c3ccc(F)c(C(=O)O)c3)CC2)CO1. The third-order valence-electron chi connectivity index (χ3n) is 10.1. The molecule has 0 amide bonds. The van der Waals surface area contributed by atoms with E-state index in [0.29, 0.717) is 31.2 Å². The Hall–Kier alpha value is -2.95. The van der Waals surface area contributed by atoms with Gasteiger partial charge in [-0.1, -0.05) is 18.7 Å². The first-order valence-corrected chi connectivity index (χ1v) is 15.1. The number of hydrogen-bond acceptors (Lipinski definition) is 5. The van der Waals surface area contributed by atoms with Crippen LogP contribution >= 0.6 is 0 Å². The van der Waals surface area contributed by atoms with Crippen LogP contribution in [0.25, 0.3) is 0 Å². The summed E-state index contributed by atoms with van der Waals surface area (Å²) >= 11 is 0. The summed E-state index contributed by atoms with van der Waals surface area (Å²) in [4.78, 5) is 15.9. The van der Waals surface area contributed by atoms with Gasteiger partial charge in [0.25, 0.3) is 0 Å². The van der Waals surface area contributed by atoms with Crippen molar-refractivity contribution in [2.75, 3.05) is 33.4 Å². The van der Waals surface area contributed by atoms with Gasteiger partial charge in [-0.3, -0.25) is 4.90 Å². The zero-order valence-corrected chi connectivity index (χ0v) is 24.3. The summed E-state index contributed by atoms with van der Waals surface area (Å²) < 4.78 is 66.9. The number of fused-ring (bicyclic) bond motifs is 1. The lowest BCUT2D eigenvalue weighted by atomic mass is 9.82. The summed E-state index contributed by atoms with van der Waals surface area (Å²) in [5, 5.41) is 9.30. The molecule has 232 valence electrons. The number of piperidine rings is 1. The second-order valence-corrected chi connectivity index (χ2v) is 12.5. The van der Waals surface area contributed by atoms with Gasteiger partial charge in [-0.05, 0) is 104 Å². The number of likely N-dealkylation sites (tertiary alicyclic amines) is 1. The summed E-state index contributed by atoms with van der Waals surface area (Å²) in [6.07, 6.45) is 0.747. The molecule has 1 N–H and O–H groups in total. The minimum atomic E-state index is -4.41. The predicted octanol–water partition coefficient (Wildman–Crippen LogP) is 6.77. The van der Waals surface area contributed by atoms with Crippen LogP contribution in [0.1, 0.15) is 83.2 Å². The van der Waals surface area contributed by atoms with E-state index in [1.165, 1.54) is 24.3 Å². The van der Waals surface area contributed by atoms with Crippen LogP contribution in [0.2, 0.25) is 0 Å². The average molecular weight is 603 g/mol. The number of rotatable bonds is 7. The maximum Gasteiger partial charge on any atom is 0.416 e. The highest BCUT2D eigenvalue weighted by Gasteiger charge is 2.53. The van der Waals surface area contributed by atoms with Crippen molar-refractivity contribution >= 4 is 5.97 Å². The highest BCUT2D eigenvalue weighted by Crippen LogP contribution is 2.52. The Bertz CT molecular complexity index is 1380. The zero-order valence-electron chi connectivity index (χ0n) is 24.3. The standard InChI is InChI=1S/C33H38F4N2O4/c1-20(39-17-23-15-25(33(35,36)37)6-7-27(23)30(18-39)42-2)32(24-4-5-24)12-9-26(19-43-32)38-13-10-21(11-14-38)22-3-8-29(34)28(16-22)31(40)41/h3,6-8,15-16,21,24,26,30H,1,4-5,9-14,17-19H2,2H3,(H,40,41)/t26?,30?,32-/m1/s1. The molecule has 3 heterocycles. The quantitative estimate of drug-likeness (QED) is 0.353. The van der Waals surface area contributed by atoms with Gasteiger partial charge in [0.2, 0.25) is 0 Å². The van der Waals surface area contributed by atoms with Crippen LogP contribution in [0.4, 0.5) is 17.6 Å². The van der Waals surface area contributed by atoms with E-state index in [-0.39, 0.29) is 23.6 Å². The maximum absolute atomic E-state index is 13.9. The number of methoxy groups -OCH3 is 1. The van der Waals surface area contributed by atoms with Gasteiger partial charge in [0.15, 0.2) is 0 Å². The van der Waals surface area contributed by atoms with Crippen molar-refractivity contribution in [3.8, 4) is 0 Å². The van der Waals surface area contributed by atoms with Crippen molar-refractivity contribution in [3.63, 3.8) is 0 Å². The van der Waals surface area contributed by atoms with E-state index in [1.807, 2.05) is 0 Å². The molecular weight excluding hydrogens is 564 g/mol. The van der Waals surface area contributed by atoms with Crippen LogP contribution in [0.15, 0.2) is 48.7 Å². The third kappa shape index (κ3) is 5.81. The lowest BCUT2D eigenvalue weighted by Gasteiger charge is -2.50. The molecule has 0 spiro atoms. The van der Waals surface area contributed by atoms with Crippen molar-refractivity contribution in [1.29, 1.82) is 0 Å². The number of benzene rings is 2. The zero-order chi connectivity index (χ0) is 30.5. The van der Waals surface area contributed by atoms with Crippen molar-refractivity contribution < 1.29 is 36.9 Å². The van der Waals surface area contributed by atoms with E-state index in [4.69, 9.17) is 9.47 Å². The maximum atomic E-state index is 13.9. The molecule has 0 aromatic heterocycles. The summed E-state index contributed by atoms with van der Waals surface area (Å²) in [5.41, 5.74) is 1.61. The fourth-order valence-corrected chi connectivity index (χ4v) is 7.44. The van der Waals surface area contributed by atoms with Gasteiger partial charge in [-0.15, -0.1) is 0 Å². The lowest BCUT2D eigenvalue weighted by molar-refractivity contribution is -0.137. The Labute approximate surface area is 249 Å². The van der Waals surface area contributed by atoms with E-state index in [0.717, 1.165) is 74.5 Å². The molecule has 2 unspecified atom stereocenters. The first-order valence-electron chi connectivity index (χ1n) is 15.1. The molecule has 3 atom stereocenters. The molecule has 0 bridgehead atoms. The molecule has 3 aliphatic heterocycles. The topological polar surface area (TPSA) is 62.2 Å². The molecule has 2 aromatic rings. The van der Waals surface area contributed by atoms with Crippen LogP contribution in [0.5, 0.6) is 0 Å². The number of carboxylic acid groups (broad SMARTS) is 1. The van der Waals surface area contributed by atoms with E-state index in [2.05, 4.69) is 16.4 Å². The average Bonchev–Trinajstić information content (AvgIpc) is 3.86. The Balaban J connectivity index is 1.11. The normalized spacial score (nSPS) is 27.1. The molecule has 4 aliphatic rings. The van der Waals surface area contributed by atoms with E-state index in [1.54, 1.807) is 13.2 Å². The Morgan fingerprint density at radius 2 is 1.84 bits per heavy atom. The summed E-state index contributed by atoms with van der Waals surface area (Å²) in [6, 6.07) is 8.55. The van der Waals surface area contributed by atoms with Gasteiger partial charge >= 0.3 is 12.1 Å². The van der Waals surface area contributed by atoms with Gasteiger partial charge in [-0.25, -0.2) is 9.18 Å². The number of halogens is 4. The molecule has 43 heavy (non-hydrogen) atoms. The third-order valence-corrected chi connectivity index (χ3v) is 10.1. The molecule has 3 fully saturated rings. The van der Waals surface area contributed by atoms with Crippen LogP contribution in [0.3, 0.4) is 0 Å². The molecule has 1 saturated carbocycles. The highest BCUT2D eigenvalue weighted by atomic mass is 19.4. The molecule has 10 heteroatoms. The number of carboxylic acids is 1. The molecule has 0 radical (unpaired) electrons. The second kappa shape index (κ2) is 11.5. The predicted molar refractivity (Wildman–Crippen MR) is 152 cm³/mol. The van der Waals surface area contributed by atoms with Crippen LogP contribution in [0, 0.1) is 11.7 Å². The number of carbonyl (C=O) groups is 1. The molecule has 2 saturated heterocycles. The van der Waals surface area contributed by atoms with Gasteiger partial charge in [-0.2, -0.15) is 13.2 Å². The van der Waals surface area contributed by atoms with Gasteiger partial charge in [0.1, 0.15) is 11.4 Å². The highest BCUT2D eigenvalue weighted by molar-refractivity contribution is 5.88. The number of nitrogens with zero attached hydrogens (tertiary/aromatic N) is 2. The molecule has 2 aromatic carbocycles. The fourth-order valence-electron chi connectivity index (χ4n) is 7.44. The summed E-state index contributed by atoms with van der Waals surface area (Å²) in [7, 11) is 1.58. The lowest BCUT2D eigenvalue weighted by Crippen LogP contribution is -2.54. The molecular formula is C33H38F4N2O4.